The Balaban J connectivity index is 1.86. The molecule has 1 heterocycles. The average molecular weight is 506 g/mol. The van der Waals surface area contributed by atoms with E-state index in [-0.39, 0.29) is 5.54 Å². The molecule has 1 aromatic heterocycles. The maximum atomic E-state index is 5.13. The minimum atomic E-state index is 0.0142. The normalized spacial score (nSPS) is 11.9. The van der Waals surface area contributed by atoms with E-state index in [0.29, 0.717) is 0 Å². The largest absolute Gasteiger partial charge is 0.385 e. The highest BCUT2D eigenvalue weighted by Crippen LogP contribution is 2.26. The Bertz CT molecular complexity index is 1110. The van der Waals surface area contributed by atoms with Gasteiger partial charge in [-0.15, -0.1) is 0 Å². The monoisotopic (exact) mass is 505 g/mol. The minimum Gasteiger partial charge on any atom is -0.385 e. The summed E-state index contributed by atoms with van der Waals surface area (Å²) in [5.74, 6) is 0. The average Bonchev–Trinajstić information content (AvgIpc) is 2.85. The summed E-state index contributed by atoms with van der Waals surface area (Å²) in [5, 5.41) is 7.36. The predicted molar refractivity (Wildman–Crippen MR) is 163 cm³/mol. The first-order valence-electron chi connectivity index (χ1n) is 15.1. The molecule has 37 heavy (non-hydrogen) atoms. The van der Waals surface area contributed by atoms with Gasteiger partial charge < -0.3 is 10.6 Å². The van der Waals surface area contributed by atoms with Gasteiger partial charge in [0.25, 0.3) is 0 Å². The number of fused-ring (bicyclic) bond motifs is 2. The van der Waals surface area contributed by atoms with Crippen LogP contribution in [0.4, 0.5) is 11.4 Å². The molecule has 0 unspecified atom stereocenters. The number of rotatable bonds is 16. The molecule has 204 valence electrons. The van der Waals surface area contributed by atoms with Gasteiger partial charge in [0.2, 0.25) is 11.0 Å². The Morgan fingerprint density at radius 3 is 2.03 bits per heavy atom. The van der Waals surface area contributed by atoms with Crippen LogP contribution in [-0.2, 0) is 6.54 Å². The summed E-state index contributed by atoms with van der Waals surface area (Å²) in [6.07, 6.45) is 15.8. The molecule has 4 heteroatoms. The number of aryl methyl sites for hydroxylation is 2. The van der Waals surface area contributed by atoms with Crippen LogP contribution in [0.25, 0.3) is 22.1 Å². The first kappa shape index (κ1) is 29.2. The van der Waals surface area contributed by atoms with Crippen molar-refractivity contribution < 1.29 is 4.57 Å². The molecular formula is C33H53N4+. The third kappa shape index (κ3) is 9.16. The van der Waals surface area contributed by atoms with E-state index < -0.39 is 0 Å². The molecule has 3 aromatic rings. The van der Waals surface area contributed by atoms with Crippen LogP contribution < -0.4 is 15.2 Å². The summed E-state index contributed by atoms with van der Waals surface area (Å²) in [5.41, 5.74) is 8.31. The highest BCUT2D eigenvalue weighted by Gasteiger charge is 2.20. The number of benzene rings is 2. The topological polar surface area (TPSA) is 40.8 Å². The lowest BCUT2D eigenvalue weighted by molar-refractivity contribution is -0.646. The van der Waals surface area contributed by atoms with Crippen LogP contribution in [0.15, 0.2) is 30.3 Å². The van der Waals surface area contributed by atoms with Gasteiger partial charge in [0.05, 0.1) is 0 Å². The molecule has 2 N–H and O–H groups in total. The van der Waals surface area contributed by atoms with E-state index in [1.165, 1.54) is 105 Å². The van der Waals surface area contributed by atoms with Gasteiger partial charge >= 0.3 is 0 Å². The zero-order valence-electron chi connectivity index (χ0n) is 24.7. The highest BCUT2D eigenvalue weighted by molar-refractivity contribution is 5.86. The van der Waals surface area contributed by atoms with E-state index in [1.54, 1.807) is 0 Å². The molecule has 0 saturated heterocycles. The molecule has 0 spiro atoms. The maximum Gasteiger partial charge on any atom is 0.233 e. The summed E-state index contributed by atoms with van der Waals surface area (Å²) in [4.78, 5) is 5.13. The van der Waals surface area contributed by atoms with Crippen molar-refractivity contribution in [1.82, 2.24) is 4.98 Å². The lowest BCUT2D eigenvalue weighted by Crippen LogP contribution is -2.36. The predicted octanol–water partition coefficient (Wildman–Crippen LogP) is 9.33. The van der Waals surface area contributed by atoms with E-state index >= 15 is 0 Å². The molecule has 0 aliphatic carbocycles. The summed E-state index contributed by atoms with van der Waals surface area (Å²) in [6, 6.07) is 11.3. The summed E-state index contributed by atoms with van der Waals surface area (Å²) in [7, 11) is 0. The van der Waals surface area contributed by atoms with Gasteiger partial charge in [-0.3, -0.25) is 0 Å². The lowest BCUT2D eigenvalue weighted by Gasteiger charge is -2.23. The van der Waals surface area contributed by atoms with E-state index in [1.807, 2.05) is 0 Å². The van der Waals surface area contributed by atoms with Crippen LogP contribution in [0.2, 0.25) is 0 Å². The summed E-state index contributed by atoms with van der Waals surface area (Å²) < 4.78 is 2.53. The van der Waals surface area contributed by atoms with Crippen LogP contribution in [0, 0.1) is 6.92 Å². The van der Waals surface area contributed by atoms with Crippen LogP contribution in [0.3, 0.4) is 0 Å². The molecule has 0 aliphatic rings. The first-order valence-corrected chi connectivity index (χ1v) is 15.1. The second kappa shape index (κ2) is 14.5. The number of nitrogens with one attached hydrogen (secondary N) is 2. The Labute approximate surface area is 226 Å². The van der Waals surface area contributed by atoms with Crippen molar-refractivity contribution in [2.45, 2.75) is 131 Å². The number of aromatic nitrogens is 2. The number of hydrogen-bond acceptors (Lipinski definition) is 3. The van der Waals surface area contributed by atoms with Gasteiger partial charge in [-0.25, -0.2) is 4.98 Å². The van der Waals surface area contributed by atoms with Crippen molar-refractivity contribution in [2.75, 3.05) is 17.2 Å². The zero-order valence-corrected chi connectivity index (χ0v) is 24.7. The lowest BCUT2D eigenvalue weighted by atomic mass is 10.1. The van der Waals surface area contributed by atoms with E-state index in [9.17, 15) is 0 Å². The molecule has 0 amide bonds. The quantitative estimate of drug-likeness (QED) is 0.116. The first-order chi connectivity index (χ1) is 17.8. The summed E-state index contributed by atoms with van der Waals surface area (Å²) >= 11 is 0. The Morgan fingerprint density at radius 1 is 0.730 bits per heavy atom. The van der Waals surface area contributed by atoms with Crippen LogP contribution in [0.5, 0.6) is 0 Å². The Kier molecular flexibility index (Phi) is 11.5. The molecule has 0 fully saturated rings. The van der Waals surface area contributed by atoms with Crippen LogP contribution in [0.1, 0.15) is 117 Å². The second-order valence-electron chi connectivity index (χ2n) is 12.0. The van der Waals surface area contributed by atoms with Gasteiger partial charge in [-0.1, -0.05) is 71.6 Å². The smallest absolute Gasteiger partial charge is 0.233 e. The molecule has 0 radical (unpaired) electrons. The molecule has 0 saturated carbocycles. The molecular weight excluding hydrogens is 452 g/mol. The van der Waals surface area contributed by atoms with Crippen molar-refractivity contribution in [2.24, 2.45) is 0 Å². The van der Waals surface area contributed by atoms with Gasteiger partial charge in [-0.2, -0.15) is 4.57 Å². The second-order valence-corrected chi connectivity index (χ2v) is 12.0. The third-order valence-corrected chi connectivity index (χ3v) is 7.22. The van der Waals surface area contributed by atoms with E-state index in [0.717, 1.165) is 24.1 Å². The maximum absolute atomic E-state index is 5.13. The van der Waals surface area contributed by atoms with Gasteiger partial charge in [0.15, 0.2) is 0 Å². The number of unbranched alkanes of at least 4 members (excludes halogenated alkanes) is 10. The van der Waals surface area contributed by atoms with Crippen molar-refractivity contribution in [3.8, 4) is 0 Å². The van der Waals surface area contributed by atoms with Crippen LogP contribution >= 0.6 is 0 Å². The van der Waals surface area contributed by atoms with Crippen molar-refractivity contribution in [1.29, 1.82) is 0 Å². The minimum absolute atomic E-state index is 0.0142. The standard InChI is InChI=1S/C33H52N4/c1-7-9-11-13-15-17-21-34-27-19-20-28-32(24-27)37(22-18-16-14-12-10-8-2)31-23-26(3)29(25-30(31)35-28)36-33(4,5)6/h19-20,23-25,36H,7-18,21-22H2,1-6H3/p+1. The number of anilines is 2. The summed E-state index contributed by atoms with van der Waals surface area (Å²) in [6.45, 7) is 15.5. The Hall–Kier alpha value is -2.36. The van der Waals surface area contributed by atoms with Gasteiger partial charge in [0, 0.05) is 42.0 Å². The molecule has 2 aromatic carbocycles. The fraction of sp³-hybridized carbons (Fsp3) is 0.636. The van der Waals surface area contributed by atoms with E-state index in [4.69, 9.17) is 4.98 Å². The molecule has 0 aliphatic heterocycles. The van der Waals surface area contributed by atoms with Crippen molar-refractivity contribution >= 4 is 33.4 Å². The highest BCUT2D eigenvalue weighted by atomic mass is 15.0. The fourth-order valence-corrected chi connectivity index (χ4v) is 5.16. The zero-order chi connectivity index (χ0) is 26.7. The number of hydrogen-bond donors (Lipinski definition) is 2. The third-order valence-electron chi connectivity index (χ3n) is 7.22. The van der Waals surface area contributed by atoms with E-state index in [2.05, 4.69) is 87.1 Å². The molecule has 4 nitrogen and oxygen atoms in total. The molecule has 0 atom stereocenters. The van der Waals surface area contributed by atoms with Crippen molar-refractivity contribution in [3.05, 3.63) is 35.9 Å². The Morgan fingerprint density at radius 2 is 1.35 bits per heavy atom. The number of nitrogens with zero attached hydrogens (tertiary/aromatic N) is 2. The van der Waals surface area contributed by atoms with Gasteiger partial charge in [0.1, 0.15) is 17.6 Å². The van der Waals surface area contributed by atoms with Crippen molar-refractivity contribution in [3.63, 3.8) is 0 Å². The molecule has 0 bridgehead atoms. The fourth-order valence-electron chi connectivity index (χ4n) is 5.16. The van der Waals surface area contributed by atoms with Crippen LogP contribution in [-0.4, -0.2) is 17.1 Å². The van der Waals surface area contributed by atoms with Gasteiger partial charge in [-0.05, 0) is 64.3 Å². The SMILES string of the molecule is CCCCCCCCNc1ccc2nc3cc(NC(C)(C)C)c(C)cc3[n+](CCCCCCCC)c2c1. The molecule has 3 rings (SSSR count).